The molecule has 6 heteroatoms. The van der Waals surface area contributed by atoms with E-state index in [0.717, 1.165) is 48.5 Å². The molecule has 5 rings (SSSR count). The molecule has 0 aromatic heterocycles. The molecule has 29 heavy (non-hydrogen) atoms. The summed E-state index contributed by atoms with van der Waals surface area (Å²) in [5.41, 5.74) is 5.56. The van der Waals surface area contributed by atoms with Gasteiger partial charge < -0.3 is 4.74 Å². The van der Waals surface area contributed by atoms with E-state index in [1.54, 1.807) is 0 Å². The van der Waals surface area contributed by atoms with Crippen LogP contribution >= 0.6 is 43.5 Å². The summed E-state index contributed by atoms with van der Waals surface area (Å²) in [4.78, 5) is 0. The summed E-state index contributed by atoms with van der Waals surface area (Å²) >= 11 is 13.4. The SMILES string of the molecule is Cc1ccc([C@@H]2Oc3c(Br)cc(Br)cc3[C@H]3CC(c4ccc(Cl)cc4)=NN32)cc1. The average Bonchev–Trinajstić information content (AvgIpc) is 3.14. The predicted molar refractivity (Wildman–Crippen MR) is 124 cm³/mol. The van der Waals surface area contributed by atoms with Crippen LogP contribution in [0.3, 0.4) is 0 Å². The Hall–Kier alpha value is -1.82. The number of halogens is 3. The summed E-state index contributed by atoms with van der Waals surface area (Å²) in [7, 11) is 0. The van der Waals surface area contributed by atoms with Gasteiger partial charge in [-0.1, -0.05) is 69.5 Å². The third-order valence-electron chi connectivity index (χ3n) is 5.35. The second kappa shape index (κ2) is 7.46. The van der Waals surface area contributed by atoms with E-state index in [0.29, 0.717) is 0 Å². The van der Waals surface area contributed by atoms with Gasteiger partial charge in [0, 0.05) is 27.0 Å². The smallest absolute Gasteiger partial charge is 0.213 e. The van der Waals surface area contributed by atoms with Gasteiger partial charge in [0.05, 0.1) is 16.2 Å². The second-order valence-electron chi connectivity index (χ2n) is 7.34. The minimum absolute atomic E-state index is 0.101. The van der Waals surface area contributed by atoms with Crippen molar-refractivity contribution in [2.45, 2.75) is 25.6 Å². The van der Waals surface area contributed by atoms with Crippen LogP contribution in [0.5, 0.6) is 5.75 Å². The Morgan fingerprint density at radius 3 is 2.48 bits per heavy atom. The maximum absolute atomic E-state index is 6.49. The molecule has 0 unspecified atom stereocenters. The Labute approximate surface area is 191 Å². The molecule has 2 aliphatic heterocycles. The second-order valence-corrected chi connectivity index (χ2v) is 9.55. The van der Waals surface area contributed by atoms with Gasteiger partial charge in [-0.3, -0.25) is 0 Å². The standard InChI is InChI=1S/C23H17Br2ClN2O/c1-13-2-4-15(5-3-13)23-28-21(18-10-16(24)11-19(25)22(18)29-23)12-20(27-28)14-6-8-17(26)9-7-14/h2-11,21,23H,12H2,1H3/t21-,23+/m1/s1. The Balaban J connectivity index is 1.62. The molecule has 146 valence electrons. The molecule has 0 fully saturated rings. The highest BCUT2D eigenvalue weighted by atomic mass is 79.9. The number of hydrogen-bond acceptors (Lipinski definition) is 3. The number of hydrogen-bond donors (Lipinski definition) is 0. The molecule has 0 saturated heterocycles. The van der Waals surface area contributed by atoms with Crippen molar-refractivity contribution < 1.29 is 4.74 Å². The van der Waals surface area contributed by atoms with Gasteiger partial charge in [0.2, 0.25) is 6.23 Å². The summed E-state index contributed by atoms with van der Waals surface area (Å²) in [5, 5.41) is 7.82. The van der Waals surface area contributed by atoms with Crippen LogP contribution in [0.4, 0.5) is 0 Å². The molecule has 0 N–H and O–H groups in total. The van der Waals surface area contributed by atoms with Crippen LogP contribution in [0.15, 0.2) is 74.7 Å². The summed E-state index contributed by atoms with van der Waals surface area (Å²) in [5.74, 6) is 0.882. The molecule has 0 bridgehead atoms. The zero-order valence-electron chi connectivity index (χ0n) is 15.6. The Bertz CT molecular complexity index is 1110. The molecule has 3 aromatic rings. The van der Waals surface area contributed by atoms with Crippen LogP contribution in [0.2, 0.25) is 5.02 Å². The number of hydrazone groups is 1. The number of rotatable bonds is 2. The molecule has 0 radical (unpaired) electrons. The van der Waals surface area contributed by atoms with Crippen molar-refractivity contribution >= 4 is 49.2 Å². The van der Waals surface area contributed by atoms with E-state index in [-0.39, 0.29) is 12.3 Å². The van der Waals surface area contributed by atoms with E-state index >= 15 is 0 Å². The van der Waals surface area contributed by atoms with Gasteiger partial charge in [-0.15, -0.1) is 0 Å². The van der Waals surface area contributed by atoms with Crippen molar-refractivity contribution in [3.8, 4) is 5.75 Å². The van der Waals surface area contributed by atoms with Gasteiger partial charge in [-0.05, 0) is 52.7 Å². The van der Waals surface area contributed by atoms with Crippen molar-refractivity contribution in [2.24, 2.45) is 5.10 Å². The van der Waals surface area contributed by atoms with E-state index in [4.69, 9.17) is 21.4 Å². The zero-order valence-corrected chi connectivity index (χ0v) is 19.5. The van der Waals surface area contributed by atoms with Crippen molar-refractivity contribution in [1.82, 2.24) is 5.01 Å². The van der Waals surface area contributed by atoms with Gasteiger partial charge in [0.25, 0.3) is 0 Å². The normalized spacial score (nSPS) is 20.0. The third-order valence-corrected chi connectivity index (χ3v) is 6.65. The summed E-state index contributed by atoms with van der Waals surface area (Å²) < 4.78 is 8.45. The lowest BCUT2D eigenvalue weighted by molar-refractivity contribution is -0.0197. The lowest BCUT2D eigenvalue weighted by Gasteiger charge is -2.38. The number of ether oxygens (including phenoxy) is 1. The lowest BCUT2D eigenvalue weighted by atomic mass is 9.96. The van der Waals surface area contributed by atoms with Gasteiger partial charge in [0.1, 0.15) is 5.75 Å². The molecular formula is C23H17Br2ClN2O. The van der Waals surface area contributed by atoms with Gasteiger partial charge in [-0.2, -0.15) is 5.10 Å². The predicted octanol–water partition coefficient (Wildman–Crippen LogP) is 7.42. The van der Waals surface area contributed by atoms with Crippen LogP contribution in [0, 0.1) is 6.92 Å². The topological polar surface area (TPSA) is 24.8 Å². The third kappa shape index (κ3) is 3.49. The maximum atomic E-state index is 6.49. The van der Waals surface area contributed by atoms with Crippen molar-refractivity contribution in [2.75, 3.05) is 0 Å². The number of fused-ring (bicyclic) bond motifs is 3. The van der Waals surface area contributed by atoms with Crippen LogP contribution in [0.1, 0.15) is 40.9 Å². The first kappa shape index (κ1) is 19.2. The van der Waals surface area contributed by atoms with Gasteiger partial charge >= 0.3 is 0 Å². The fourth-order valence-corrected chi connectivity index (χ4v) is 5.36. The molecule has 0 spiro atoms. The summed E-state index contributed by atoms with van der Waals surface area (Å²) in [6.07, 6.45) is 0.527. The van der Waals surface area contributed by atoms with Crippen LogP contribution < -0.4 is 4.74 Å². The van der Waals surface area contributed by atoms with Crippen molar-refractivity contribution in [1.29, 1.82) is 0 Å². The van der Waals surface area contributed by atoms with E-state index < -0.39 is 0 Å². The highest BCUT2D eigenvalue weighted by Crippen LogP contribution is 2.50. The average molecular weight is 533 g/mol. The highest BCUT2D eigenvalue weighted by Gasteiger charge is 2.41. The highest BCUT2D eigenvalue weighted by molar-refractivity contribution is 9.11. The molecule has 0 aliphatic carbocycles. The summed E-state index contributed by atoms with van der Waals surface area (Å²) in [6, 6.07) is 20.6. The molecule has 2 atom stereocenters. The molecule has 2 aliphatic rings. The first-order valence-electron chi connectivity index (χ1n) is 9.33. The quantitative estimate of drug-likeness (QED) is 0.343. The molecule has 0 amide bonds. The minimum atomic E-state index is -0.282. The number of aryl methyl sites for hydroxylation is 1. The first-order valence-corrected chi connectivity index (χ1v) is 11.3. The van der Waals surface area contributed by atoms with Crippen molar-refractivity contribution in [3.63, 3.8) is 0 Å². The van der Waals surface area contributed by atoms with Crippen LogP contribution in [0.25, 0.3) is 0 Å². The number of benzene rings is 3. The summed E-state index contributed by atoms with van der Waals surface area (Å²) in [6.45, 7) is 2.09. The molecule has 3 nitrogen and oxygen atoms in total. The van der Waals surface area contributed by atoms with Crippen molar-refractivity contribution in [3.05, 3.63) is 96.9 Å². The minimum Gasteiger partial charge on any atom is -0.463 e. The molecule has 3 aromatic carbocycles. The van der Waals surface area contributed by atoms with Gasteiger partial charge in [0.15, 0.2) is 0 Å². The molecule has 2 heterocycles. The fourth-order valence-electron chi connectivity index (χ4n) is 3.88. The maximum Gasteiger partial charge on any atom is 0.213 e. The largest absolute Gasteiger partial charge is 0.463 e. The number of nitrogens with zero attached hydrogens (tertiary/aromatic N) is 2. The Morgan fingerprint density at radius 2 is 1.76 bits per heavy atom. The van der Waals surface area contributed by atoms with E-state index in [9.17, 15) is 0 Å². The van der Waals surface area contributed by atoms with E-state index in [1.165, 1.54) is 5.56 Å². The van der Waals surface area contributed by atoms with Crippen LogP contribution in [-0.2, 0) is 0 Å². The first-order chi connectivity index (χ1) is 14.0. The monoisotopic (exact) mass is 530 g/mol. The van der Waals surface area contributed by atoms with Gasteiger partial charge in [-0.25, -0.2) is 5.01 Å². The van der Waals surface area contributed by atoms with Crippen LogP contribution in [-0.4, -0.2) is 10.7 Å². The Morgan fingerprint density at radius 1 is 1.03 bits per heavy atom. The molecule has 0 saturated carbocycles. The molecular weight excluding hydrogens is 516 g/mol. The van der Waals surface area contributed by atoms with E-state index in [2.05, 4.69) is 74.1 Å². The zero-order chi connectivity index (χ0) is 20.1. The lowest BCUT2D eigenvalue weighted by Crippen LogP contribution is -2.33. The van der Waals surface area contributed by atoms with E-state index in [1.807, 2.05) is 30.3 Å². The fraction of sp³-hybridized carbons (Fsp3) is 0.174. The Kier molecular flexibility index (Phi) is 4.93.